The van der Waals surface area contributed by atoms with E-state index in [-0.39, 0.29) is 18.6 Å². The summed E-state index contributed by atoms with van der Waals surface area (Å²) in [5.74, 6) is -0.0347. The average Bonchev–Trinajstić information content (AvgIpc) is 2.28. The van der Waals surface area contributed by atoms with Crippen molar-refractivity contribution in [2.24, 2.45) is 5.41 Å². The zero-order chi connectivity index (χ0) is 12.9. The van der Waals surface area contributed by atoms with Gasteiger partial charge < -0.3 is 10.4 Å². The number of carbonyl (C=O) groups excluding carboxylic acids is 1. The van der Waals surface area contributed by atoms with Crippen LogP contribution in [0, 0.1) is 5.41 Å². The van der Waals surface area contributed by atoms with Crippen molar-refractivity contribution in [3.05, 3.63) is 35.9 Å². The molecule has 0 heterocycles. The minimum absolute atomic E-state index is 0.0347. The first-order valence-electron chi connectivity index (χ1n) is 5.89. The van der Waals surface area contributed by atoms with E-state index in [1.807, 2.05) is 51.1 Å². The van der Waals surface area contributed by atoms with Gasteiger partial charge in [-0.2, -0.15) is 0 Å². The van der Waals surface area contributed by atoms with Gasteiger partial charge in [-0.05, 0) is 12.0 Å². The predicted molar refractivity (Wildman–Crippen MR) is 68.6 cm³/mol. The fourth-order valence-corrected chi connectivity index (χ4v) is 1.46. The van der Waals surface area contributed by atoms with Crippen LogP contribution in [-0.2, 0) is 11.2 Å². The highest BCUT2D eigenvalue weighted by Gasteiger charge is 2.23. The van der Waals surface area contributed by atoms with Gasteiger partial charge in [0, 0.05) is 5.41 Å². The van der Waals surface area contributed by atoms with E-state index in [0.717, 1.165) is 5.56 Å². The third-order valence-corrected chi connectivity index (χ3v) is 2.56. The molecule has 17 heavy (non-hydrogen) atoms. The number of hydrogen-bond acceptors (Lipinski definition) is 2. The van der Waals surface area contributed by atoms with E-state index in [9.17, 15) is 9.90 Å². The van der Waals surface area contributed by atoms with Crippen molar-refractivity contribution in [3.8, 4) is 0 Å². The molecule has 3 heteroatoms. The molecule has 94 valence electrons. The second-order valence-corrected chi connectivity index (χ2v) is 5.29. The van der Waals surface area contributed by atoms with Crippen LogP contribution in [0.25, 0.3) is 0 Å². The molecule has 0 aliphatic heterocycles. The lowest BCUT2D eigenvalue weighted by molar-refractivity contribution is -0.129. The molecule has 1 aromatic rings. The topological polar surface area (TPSA) is 49.3 Å². The van der Waals surface area contributed by atoms with Crippen LogP contribution in [0.4, 0.5) is 0 Å². The van der Waals surface area contributed by atoms with E-state index in [0.29, 0.717) is 6.42 Å². The van der Waals surface area contributed by atoms with E-state index in [1.54, 1.807) is 0 Å². The van der Waals surface area contributed by atoms with Crippen molar-refractivity contribution >= 4 is 5.91 Å². The van der Waals surface area contributed by atoms with Crippen LogP contribution in [0.3, 0.4) is 0 Å². The van der Waals surface area contributed by atoms with Gasteiger partial charge in [0.1, 0.15) is 0 Å². The molecule has 1 atom stereocenters. The van der Waals surface area contributed by atoms with Crippen LogP contribution >= 0.6 is 0 Å². The Labute approximate surface area is 103 Å². The number of carbonyl (C=O) groups is 1. The zero-order valence-corrected chi connectivity index (χ0v) is 10.7. The Balaban J connectivity index is 2.59. The Kier molecular flexibility index (Phi) is 4.70. The summed E-state index contributed by atoms with van der Waals surface area (Å²) in [6, 6.07) is 9.62. The smallest absolute Gasteiger partial charge is 0.225 e. The Morgan fingerprint density at radius 2 is 1.88 bits per heavy atom. The summed E-state index contributed by atoms with van der Waals surface area (Å²) >= 11 is 0. The zero-order valence-electron chi connectivity index (χ0n) is 10.7. The minimum Gasteiger partial charge on any atom is -0.394 e. The molecule has 0 aromatic heterocycles. The van der Waals surface area contributed by atoms with Crippen molar-refractivity contribution in [1.82, 2.24) is 5.32 Å². The average molecular weight is 235 g/mol. The van der Waals surface area contributed by atoms with Crippen molar-refractivity contribution in [2.45, 2.75) is 33.2 Å². The lowest BCUT2D eigenvalue weighted by Crippen LogP contribution is -2.44. The molecule has 0 saturated carbocycles. The van der Waals surface area contributed by atoms with Gasteiger partial charge in [-0.1, -0.05) is 51.1 Å². The highest BCUT2D eigenvalue weighted by atomic mass is 16.3. The molecule has 1 aromatic carbocycles. The maximum atomic E-state index is 11.8. The van der Waals surface area contributed by atoms with Gasteiger partial charge in [0.2, 0.25) is 5.91 Å². The minimum atomic E-state index is -0.426. The highest BCUT2D eigenvalue weighted by Crippen LogP contribution is 2.13. The Bertz CT molecular complexity index is 354. The Morgan fingerprint density at radius 1 is 1.29 bits per heavy atom. The van der Waals surface area contributed by atoms with Crippen LogP contribution in [0.2, 0.25) is 0 Å². The van der Waals surface area contributed by atoms with E-state index in [4.69, 9.17) is 0 Å². The van der Waals surface area contributed by atoms with Gasteiger partial charge in [0.25, 0.3) is 0 Å². The van der Waals surface area contributed by atoms with Crippen LogP contribution < -0.4 is 5.32 Å². The highest BCUT2D eigenvalue weighted by molar-refractivity contribution is 5.81. The molecule has 0 aliphatic rings. The number of amides is 1. The van der Waals surface area contributed by atoms with Gasteiger partial charge in [0.15, 0.2) is 0 Å². The molecule has 0 bridgehead atoms. The fourth-order valence-electron chi connectivity index (χ4n) is 1.46. The predicted octanol–water partition coefficient (Wildman–Crippen LogP) is 1.75. The van der Waals surface area contributed by atoms with Gasteiger partial charge in [-0.15, -0.1) is 0 Å². The first kappa shape index (κ1) is 13.7. The molecular weight excluding hydrogens is 214 g/mol. The number of aliphatic hydroxyl groups excluding tert-OH is 1. The molecule has 2 N–H and O–H groups in total. The molecule has 0 radical (unpaired) electrons. The third-order valence-electron chi connectivity index (χ3n) is 2.56. The fraction of sp³-hybridized carbons (Fsp3) is 0.500. The number of benzene rings is 1. The van der Waals surface area contributed by atoms with Gasteiger partial charge in [0.05, 0.1) is 12.6 Å². The molecule has 0 unspecified atom stereocenters. The van der Waals surface area contributed by atoms with E-state index in [1.165, 1.54) is 0 Å². The third kappa shape index (κ3) is 4.57. The summed E-state index contributed by atoms with van der Waals surface area (Å²) in [6.45, 7) is 5.54. The molecule has 1 rings (SSSR count). The molecule has 0 saturated heterocycles. The van der Waals surface area contributed by atoms with E-state index >= 15 is 0 Å². The Hall–Kier alpha value is -1.35. The van der Waals surface area contributed by atoms with Gasteiger partial charge in [-0.3, -0.25) is 4.79 Å². The number of nitrogens with one attached hydrogen (secondary N) is 1. The van der Waals surface area contributed by atoms with Gasteiger partial charge >= 0.3 is 0 Å². The molecular formula is C14H21NO2. The molecule has 0 spiro atoms. The summed E-state index contributed by atoms with van der Waals surface area (Å²) in [5.41, 5.74) is 0.685. The normalized spacial score (nSPS) is 13.2. The summed E-state index contributed by atoms with van der Waals surface area (Å²) in [4.78, 5) is 11.8. The first-order chi connectivity index (χ1) is 7.93. The van der Waals surface area contributed by atoms with Crippen molar-refractivity contribution < 1.29 is 9.90 Å². The molecule has 3 nitrogen and oxygen atoms in total. The summed E-state index contributed by atoms with van der Waals surface area (Å²) < 4.78 is 0. The van der Waals surface area contributed by atoms with Crippen LogP contribution in [0.1, 0.15) is 26.3 Å². The summed E-state index contributed by atoms with van der Waals surface area (Å²) in [6.07, 6.45) is 0.652. The van der Waals surface area contributed by atoms with E-state index in [2.05, 4.69) is 5.32 Å². The van der Waals surface area contributed by atoms with Crippen molar-refractivity contribution in [3.63, 3.8) is 0 Å². The number of aliphatic hydroxyl groups is 1. The summed E-state index contributed by atoms with van der Waals surface area (Å²) in [7, 11) is 0. The molecule has 0 fully saturated rings. The largest absolute Gasteiger partial charge is 0.394 e. The van der Waals surface area contributed by atoms with Crippen molar-refractivity contribution in [2.75, 3.05) is 6.61 Å². The van der Waals surface area contributed by atoms with Crippen LogP contribution in [0.15, 0.2) is 30.3 Å². The van der Waals surface area contributed by atoms with Crippen LogP contribution in [-0.4, -0.2) is 23.7 Å². The number of hydrogen-bond donors (Lipinski definition) is 2. The van der Waals surface area contributed by atoms with Crippen LogP contribution in [0.5, 0.6) is 0 Å². The maximum absolute atomic E-state index is 11.8. The monoisotopic (exact) mass is 235 g/mol. The lowest BCUT2D eigenvalue weighted by Gasteiger charge is -2.23. The van der Waals surface area contributed by atoms with Crippen molar-refractivity contribution in [1.29, 1.82) is 0 Å². The van der Waals surface area contributed by atoms with E-state index < -0.39 is 5.41 Å². The quantitative estimate of drug-likeness (QED) is 0.835. The Morgan fingerprint density at radius 3 is 2.35 bits per heavy atom. The molecule has 1 amide bonds. The number of rotatable bonds is 4. The SMILES string of the molecule is CC(C)(C)C(=O)N[C@@H](CO)Cc1ccccc1. The standard InChI is InChI=1S/C14H21NO2/c1-14(2,3)13(17)15-12(10-16)9-11-7-5-4-6-8-11/h4-8,12,16H,9-10H2,1-3H3,(H,15,17)/t12-/m1/s1. The summed E-state index contributed by atoms with van der Waals surface area (Å²) in [5, 5.41) is 12.2. The first-order valence-corrected chi connectivity index (χ1v) is 5.89. The second-order valence-electron chi connectivity index (χ2n) is 5.29. The maximum Gasteiger partial charge on any atom is 0.225 e. The lowest BCUT2D eigenvalue weighted by atomic mass is 9.94. The molecule has 0 aliphatic carbocycles. The second kappa shape index (κ2) is 5.82. The van der Waals surface area contributed by atoms with Gasteiger partial charge in [-0.25, -0.2) is 0 Å².